The van der Waals surface area contributed by atoms with Gasteiger partial charge in [-0.05, 0) is 29.8 Å². The molecule has 1 rings (SSSR count). The number of nitrogens with zero attached hydrogens (tertiary/aromatic N) is 1. The SMILES string of the molecule is COC(C)(C)CNc1ncc(Br)s1. The van der Waals surface area contributed by atoms with Crippen LogP contribution >= 0.6 is 27.3 Å². The molecule has 0 amide bonds. The predicted octanol–water partition coefficient (Wildman–Crippen LogP) is 2.74. The Labute approximate surface area is 90.6 Å². The zero-order valence-corrected chi connectivity index (χ0v) is 10.3. The van der Waals surface area contributed by atoms with E-state index in [-0.39, 0.29) is 5.60 Å². The van der Waals surface area contributed by atoms with Crippen molar-refractivity contribution in [2.45, 2.75) is 19.4 Å². The zero-order chi connectivity index (χ0) is 9.90. The molecule has 0 atom stereocenters. The average Bonchev–Trinajstić information content (AvgIpc) is 2.48. The lowest BCUT2D eigenvalue weighted by Gasteiger charge is -2.22. The number of anilines is 1. The van der Waals surface area contributed by atoms with Crippen LogP contribution in [0.1, 0.15) is 13.8 Å². The van der Waals surface area contributed by atoms with Crippen molar-refractivity contribution < 1.29 is 4.74 Å². The third-order valence-corrected chi connectivity index (χ3v) is 3.13. The van der Waals surface area contributed by atoms with Crippen LogP contribution in [0.4, 0.5) is 5.13 Å². The summed E-state index contributed by atoms with van der Waals surface area (Å²) in [5.74, 6) is 0. The number of hydrogen-bond acceptors (Lipinski definition) is 4. The van der Waals surface area contributed by atoms with E-state index < -0.39 is 0 Å². The van der Waals surface area contributed by atoms with Crippen LogP contribution in [0.15, 0.2) is 9.98 Å². The highest BCUT2D eigenvalue weighted by Gasteiger charge is 2.16. The van der Waals surface area contributed by atoms with E-state index in [9.17, 15) is 0 Å². The van der Waals surface area contributed by atoms with Gasteiger partial charge in [-0.15, -0.1) is 0 Å². The van der Waals surface area contributed by atoms with Crippen LogP contribution in [-0.2, 0) is 4.74 Å². The largest absolute Gasteiger partial charge is 0.377 e. The fourth-order valence-electron chi connectivity index (χ4n) is 0.697. The van der Waals surface area contributed by atoms with Crippen molar-refractivity contribution in [1.29, 1.82) is 0 Å². The molecular formula is C8H13BrN2OS. The molecule has 13 heavy (non-hydrogen) atoms. The summed E-state index contributed by atoms with van der Waals surface area (Å²) in [7, 11) is 1.71. The van der Waals surface area contributed by atoms with E-state index in [4.69, 9.17) is 4.74 Å². The molecule has 74 valence electrons. The smallest absolute Gasteiger partial charge is 0.183 e. The highest BCUT2D eigenvalue weighted by Crippen LogP contribution is 2.23. The summed E-state index contributed by atoms with van der Waals surface area (Å²) < 4.78 is 6.30. The van der Waals surface area contributed by atoms with E-state index in [0.29, 0.717) is 0 Å². The van der Waals surface area contributed by atoms with E-state index in [0.717, 1.165) is 15.5 Å². The first kappa shape index (κ1) is 10.9. The number of halogens is 1. The number of hydrogen-bond donors (Lipinski definition) is 1. The Morgan fingerprint density at radius 2 is 2.38 bits per heavy atom. The second-order valence-corrected chi connectivity index (χ2v) is 5.70. The summed E-state index contributed by atoms with van der Waals surface area (Å²) in [6, 6.07) is 0. The highest BCUT2D eigenvalue weighted by molar-refractivity contribution is 9.11. The van der Waals surface area contributed by atoms with E-state index >= 15 is 0 Å². The quantitative estimate of drug-likeness (QED) is 0.908. The summed E-state index contributed by atoms with van der Waals surface area (Å²) in [6.45, 7) is 4.81. The van der Waals surface area contributed by atoms with Crippen molar-refractivity contribution in [1.82, 2.24) is 4.98 Å². The third-order valence-electron chi connectivity index (χ3n) is 1.70. The first-order valence-corrected chi connectivity index (χ1v) is 5.55. The van der Waals surface area contributed by atoms with Crippen molar-refractivity contribution >= 4 is 32.4 Å². The lowest BCUT2D eigenvalue weighted by molar-refractivity contribution is 0.0344. The maximum atomic E-state index is 5.27. The Balaban J connectivity index is 2.43. The van der Waals surface area contributed by atoms with Crippen molar-refractivity contribution in [3.8, 4) is 0 Å². The fourth-order valence-corrected chi connectivity index (χ4v) is 1.80. The number of aromatic nitrogens is 1. The van der Waals surface area contributed by atoms with Crippen molar-refractivity contribution in [2.24, 2.45) is 0 Å². The molecule has 1 aromatic heterocycles. The second-order valence-electron chi connectivity index (χ2n) is 3.29. The molecule has 0 spiro atoms. The normalized spacial score (nSPS) is 11.7. The molecular weight excluding hydrogens is 252 g/mol. The van der Waals surface area contributed by atoms with Crippen molar-refractivity contribution in [3.05, 3.63) is 9.98 Å². The standard InChI is InChI=1S/C8H13BrN2OS/c1-8(2,12-3)5-11-7-10-4-6(9)13-7/h4H,5H2,1-3H3,(H,10,11). The second kappa shape index (κ2) is 4.39. The Morgan fingerprint density at radius 1 is 1.69 bits per heavy atom. The van der Waals surface area contributed by atoms with Gasteiger partial charge in [-0.2, -0.15) is 0 Å². The Hall–Kier alpha value is -0.130. The molecule has 0 fully saturated rings. The molecule has 0 saturated heterocycles. The molecule has 3 nitrogen and oxygen atoms in total. The molecule has 0 radical (unpaired) electrons. The fraction of sp³-hybridized carbons (Fsp3) is 0.625. The van der Waals surface area contributed by atoms with Gasteiger partial charge >= 0.3 is 0 Å². The van der Waals surface area contributed by atoms with Gasteiger partial charge in [0.15, 0.2) is 5.13 Å². The third kappa shape index (κ3) is 3.62. The van der Waals surface area contributed by atoms with Gasteiger partial charge < -0.3 is 10.1 Å². The van der Waals surface area contributed by atoms with Gasteiger partial charge in [-0.3, -0.25) is 0 Å². The van der Waals surface area contributed by atoms with Crippen molar-refractivity contribution in [3.63, 3.8) is 0 Å². The van der Waals surface area contributed by atoms with Crippen LogP contribution < -0.4 is 5.32 Å². The first-order chi connectivity index (χ1) is 6.03. The molecule has 0 saturated carbocycles. The lowest BCUT2D eigenvalue weighted by atomic mass is 10.1. The molecule has 1 heterocycles. The van der Waals surface area contributed by atoms with E-state index in [1.54, 1.807) is 24.6 Å². The summed E-state index contributed by atoms with van der Waals surface area (Å²) in [4.78, 5) is 4.16. The number of ether oxygens (including phenoxy) is 1. The topological polar surface area (TPSA) is 34.1 Å². The number of nitrogens with one attached hydrogen (secondary N) is 1. The van der Waals surface area contributed by atoms with Gasteiger partial charge in [0.05, 0.1) is 15.6 Å². The van der Waals surface area contributed by atoms with Gasteiger partial charge in [-0.1, -0.05) is 11.3 Å². The van der Waals surface area contributed by atoms with Gasteiger partial charge in [0.1, 0.15) is 0 Å². The molecule has 0 unspecified atom stereocenters. The molecule has 0 aliphatic rings. The van der Waals surface area contributed by atoms with Gasteiger partial charge in [0.2, 0.25) is 0 Å². The Bertz CT molecular complexity index is 275. The monoisotopic (exact) mass is 264 g/mol. The van der Waals surface area contributed by atoms with Crippen LogP contribution in [0, 0.1) is 0 Å². The van der Waals surface area contributed by atoms with E-state index in [2.05, 4.69) is 26.2 Å². The molecule has 1 N–H and O–H groups in total. The van der Waals surface area contributed by atoms with E-state index in [1.165, 1.54) is 0 Å². The minimum absolute atomic E-state index is 0.155. The summed E-state index contributed by atoms with van der Waals surface area (Å²) in [6.07, 6.45) is 1.78. The highest BCUT2D eigenvalue weighted by atomic mass is 79.9. The number of methoxy groups -OCH3 is 1. The summed E-state index contributed by atoms with van der Waals surface area (Å²) in [5, 5.41) is 4.12. The molecule has 0 aliphatic heterocycles. The van der Waals surface area contributed by atoms with Gasteiger partial charge in [0.25, 0.3) is 0 Å². The average molecular weight is 265 g/mol. The maximum Gasteiger partial charge on any atom is 0.183 e. The van der Waals surface area contributed by atoms with Crippen molar-refractivity contribution in [2.75, 3.05) is 19.0 Å². The molecule has 1 aromatic rings. The van der Waals surface area contributed by atoms with Gasteiger partial charge in [-0.25, -0.2) is 4.98 Å². The Kier molecular flexibility index (Phi) is 3.70. The minimum Gasteiger partial charge on any atom is -0.377 e. The first-order valence-electron chi connectivity index (χ1n) is 3.94. The number of thiazole rings is 1. The molecule has 0 bridgehead atoms. The summed E-state index contributed by atoms with van der Waals surface area (Å²) >= 11 is 4.93. The van der Waals surface area contributed by atoms with Crippen LogP contribution in [0.2, 0.25) is 0 Å². The lowest BCUT2D eigenvalue weighted by Crippen LogP contribution is -2.31. The van der Waals surface area contributed by atoms with Crippen LogP contribution in [0.25, 0.3) is 0 Å². The van der Waals surface area contributed by atoms with Gasteiger partial charge in [0, 0.05) is 13.7 Å². The Morgan fingerprint density at radius 3 is 2.85 bits per heavy atom. The van der Waals surface area contributed by atoms with Crippen LogP contribution in [0.3, 0.4) is 0 Å². The molecule has 0 aliphatic carbocycles. The maximum absolute atomic E-state index is 5.27. The van der Waals surface area contributed by atoms with E-state index in [1.807, 2.05) is 13.8 Å². The number of rotatable bonds is 4. The molecule has 5 heteroatoms. The summed E-state index contributed by atoms with van der Waals surface area (Å²) in [5.41, 5.74) is -0.155. The predicted molar refractivity (Wildman–Crippen MR) is 59.4 cm³/mol. The van der Waals surface area contributed by atoms with Crippen LogP contribution in [-0.4, -0.2) is 24.2 Å². The minimum atomic E-state index is -0.155. The zero-order valence-electron chi connectivity index (χ0n) is 7.93. The molecule has 0 aromatic carbocycles. The van der Waals surface area contributed by atoms with Crippen LogP contribution in [0.5, 0.6) is 0 Å².